The predicted octanol–water partition coefficient (Wildman–Crippen LogP) is 2.51. The molecule has 1 fully saturated rings. The third-order valence-corrected chi connectivity index (χ3v) is 4.43. The van der Waals surface area contributed by atoms with Crippen LogP contribution in [0.3, 0.4) is 0 Å². The Kier molecular flexibility index (Phi) is 3.68. The number of nitrogens with zero attached hydrogens (tertiary/aromatic N) is 5. The van der Waals surface area contributed by atoms with Crippen molar-refractivity contribution >= 4 is 17.2 Å². The van der Waals surface area contributed by atoms with E-state index in [1.807, 2.05) is 4.40 Å². The van der Waals surface area contributed by atoms with Gasteiger partial charge in [0.05, 0.1) is 0 Å². The van der Waals surface area contributed by atoms with Gasteiger partial charge in [0.25, 0.3) is 0 Å². The Labute approximate surface area is 138 Å². The number of carbonyl (C=O) groups is 1. The zero-order valence-electron chi connectivity index (χ0n) is 13.0. The second-order valence-corrected chi connectivity index (χ2v) is 5.94. The van der Waals surface area contributed by atoms with E-state index < -0.39 is 0 Å². The average Bonchev–Trinajstić information content (AvgIpc) is 3.24. The number of rotatable bonds is 4. The number of fused-ring (bicyclic) bond motifs is 1. The topological polar surface area (TPSA) is 63.4 Å². The summed E-state index contributed by atoms with van der Waals surface area (Å²) in [6, 6.07) is 5.78. The summed E-state index contributed by atoms with van der Waals surface area (Å²) in [4.78, 5) is 19.1. The van der Waals surface area contributed by atoms with Gasteiger partial charge in [0.1, 0.15) is 12.1 Å². The zero-order chi connectivity index (χ0) is 16.5. The van der Waals surface area contributed by atoms with E-state index in [4.69, 9.17) is 0 Å². The number of benzene rings is 1. The molecule has 1 aliphatic heterocycles. The first-order valence-corrected chi connectivity index (χ1v) is 7.92. The van der Waals surface area contributed by atoms with Crippen molar-refractivity contribution in [3.63, 3.8) is 0 Å². The molecule has 0 saturated carbocycles. The summed E-state index contributed by atoms with van der Waals surface area (Å²) >= 11 is 0. The van der Waals surface area contributed by atoms with Crippen LogP contribution in [0.1, 0.15) is 29.6 Å². The first-order chi connectivity index (χ1) is 11.7. The summed E-state index contributed by atoms with van der Waals surface area (Å²) in [7, 11) is 0. The van der Waals surface area contributed by atoms with Gasteiger partial charge >= 0.3 is 0 Å². The Bertz CT molecular complexity index is 876. The van der Waals surface area contributed by atoms with Crippen molar-refractivity contribution in [3.05, 3.63) is 54.4 Å². The molecule has 1 aliphatic rings. The molecule has 122 valence electrons. The number of ketones is 1. The van der Waals surface area contributed by atoms with Gasteiger partial charge in [0, 0.05) is 37.0 Å². The molecule has 3 aromatic rings. The molecule has 7 heteroatoms. The van der Waals surface area contributed by atoms with Crippen LogP contribution in [0.5, 0.6) is 0 Å². The molecule has 1 aromatic carbocycles. The Hall–Kier alpha value is -2.83. The van der Waals surface area contributed by atoms with Crippen LogP contribution in [0, 0.1) is 5.82 Å². The number of anilines is 1. The highest BCUT2D eigenvalue weighted by Crippen LogP contribution is 2.28. The molecule has 2 aromatic heterocycles. The molecule has 4 rings (SSSR count). The van der Waals surface area contributed by atoms with Gasteiger partial charge in [-0.2, -0.15) is 0 Å². The van der Waals surface area contributed by atoms with Crippen molar-refractivity contribution in [2.24, 2.45) is 0 Å². The van der Waals surface area contributed by atoms with Crippen LogP contribution in [-0.4, -0.2) is 38.0 Å². The largest absolute Gasteiger partial charge is 0.350 e. The second kappa shape index (κ2) is 5.99. The SMILES string of the molecule is O=C(CC1CCCN1c1nccn2cnnc12)c1ccc(F)cc1. The number of hydrogen-bond donors (Lipinski definition) is 0. The van der Waals surface area contributed by atoms with E-state index in [2.05, 4.69) is 20.1 Å². The number of Topliss-reactive ketones (excluding diaryl/α,β-unsaturated/α-hetero) is 1. The lowest BCUT2D eigenvalue weighted by Crippen LogP contribution is -2.32. The number of halogens is 1. The molecular weight excluding hydrogens is 309 g/mol. The maximum Gasteiger partial charge on any atom is 0.203 e. The molecule has 0 spiro atoms. The van der Waals surface area contributed by atoms with Gasteiger partial charge in [-0.05, 0) is 37.1 Å². The van der Waals surface area contributed by atoms with Crippen LogP contribution in [0.2, 0.25) is 0 Å². The molecule has 1 unspecified atom stereocenters. The fraction of sp³-hybridized carbons (Fsp3) is 0.294. The van der Waals surface area contributed by atoms with Crippen molar-refractivity contribution < 1.29 is 9.18 Å². The Balaban J connectivity index is 1.58. The van der Waals surface area contributed by atoms with Crippen LogP contribution < -0.4 is 4.90 Å². The molecular formula is C17H16FN5O. The standard InChI is InChI=1S/C17H16FN5O/c18-13-5-3-12(4-6-13)15(24)10-14-2-1-8-23(14)16-17-21-20-11-22(17)9-7-19-16/h3-7,9,11,14H,1-2,8,10H2. The van der Waals surface area contributed by atoms with Gasteiger partial charge < -0.3 is 4.90 Å². The second-order valence-electron chi connectivity index (χ2n) is 5.94. The highest BCUT2D eigenvalue weighted by Gasteiger charge is 2.29. The minimum Gasteiger partial charge on any atom is -0.350 e. The van der Waals surface area contributed by atoms with Crippen LogP contribution in [0.4, 0.5) is 10.2 Å². The molecule has 1 atom stereocenters. The quantitative estimate of drug-likeness (QED) is 0.690. The van der Waals surface area contributed by atoms with Gasteiger partial charge in [0.2, 0.25) is 5.65 Å². The summed E-state index contributed by atoms with van der Waals surface area (Å²) in [6.07, 6.45) is 7.44. The van der Waals surface area contributed by atoms with E-state index in [0.717, 1.165) is 25.2 Å². The molecule has 24 heavy (non-hydrogen) atoms. The van der Waals surface area contributed by atoms with Gasteiger partial charge in [-0.25, -0.2) is 9.37 Å². The van der Waals surface area contributed by atoms with Crippen LogP contribution in [0.25, 0.3) is 5.65 Å². The molecule has 0 amide bonds. The van der Waals surface area contributed by atoms with Crippen LogP contribution in [0.15, 0.2) is 43.0 Å². The highest BCUT2D eigenvalue weighted by atomic mass is 19.1. The Morgan fingerprint density at radius 1 is 1.29 bits per heavy atom. The molecule has 0 radical (unpaired) electrons. The van der Waals surface area contributed by atoms with E-state index in [1.165, 1.54) is 24.3 Å². The Morgan fingerprint density at radius 2 is 2.12 bits per heavy atom. The lowest BCUT2D eigenvalue weighted by Gasteiger charge is -2.25. The predicted molar refractivity (Wildman–Crippen MR) is 86.5 cm³/mol. The van der Waals surface area contributed by atoms with Gasteiger partial charge in [-0.1, -0.05) is 0 Å². The third-order valence-electron chi connectivity index (χ3n) is 4.43. The van der Waals surface area contributed by atoms with Crippen molar-refractivity contribution in [1.29, 1.82) is 0 Å². The maximum atomic E-state index is 13.0. The number of hydrogen-bond acceptors (Lipinski definition) is 5. The van der Waals surface area contributed by atoms with Crippen LogP contribution in [-0.2, 0) is 0 Å². The third kappa shape index (κ3) is 2.62. The molecule has 0 bridgehead atoms. The fourth-order valence-corrected chi connectivity index (χ4v) is 3.24. The van der Waals surface area contributed by atoms with Gasteiger partial charge in [-0.3, -0.25) is 9.20 Å². The molecule has 0 aliphatic carbocycles. The van der Waals surface area contributed by atoms with E-state index in [-0.39, 0.29) is 17.6 Å². The van der Waals surface area contributed by atoms with Crippen molar-refractivity contribution in [2.45, 2.75) is 25.3 Å². The molecule has 6 nitrogen and oxygen atoms in total. The van der Waals surface area contributed by atoms with Crippen molar-refractivity contribution in [1.82, 2.24) is 19.6 Å². The van der Waals surface area contributed by atoms with Crippen LogP contribution >= 0.6 is 0 Å². The minimum atomic E-state index is -0.336. The summed E-state index contributed by atoms with van der Waals surface area (Å²) in [5, 5.41) is 8.05. The monoisotopic (exact) mass is 325 g/mol. The smallest absolute Gasteiger partial charge is 0.203 e. The van der Waals surface area contributed by atoms with E-state index in [1.54, 1.807) is 18.7 Å². The molecule has 1 saturated heterocycles. The summed E-state index contributed by atoms with van der Waals surface area (Å²) in [6.45, 7) is 0.834. The molecule has 0 N–H and O–H groups in total. The van der Waals surface area contributed by atoms with Gasteiger partial charge in [-0.15, -0.1) is 10.2 Å². The highest BCUT2D eigenvalue weighted by molar-refractivity contribution is 5.96. The van der Waals surface area contributed by atoms with Gasteiger partial charge in [0.15, 0.2) is 11.6 Å². The van der Waals surface area contributed by atoms with E-state index >= 15 is 0 Å². The summed E-state index contributed by atoms with van der Waals surface area (Å²) in [5.74, 6) is 0.432. The first kappa shape index (κ1) is 14.7. The minimum absolute atomic E-state index is 0.0142. The summed E-state index contributed by atoms with van der Waals surface area (Å²) < 4.78 is 14.8. The maximum absolute atomic E-state index is 13.0. The normalized spacial score (nSPS) is 17.5. The summed E-state index contributed by atoms with van der Waals surface area (Å²) in [5.41, 5.74) is 1.23. The lowest BCUT2D eigenvalue weighted by atomic mass is 10.0. The zero-order valence-corrected chi connectivity index (χ0v) is 13.0. The number of aromatic nitrogens is 4. The average molecular weight is 325 g/mol. The Morgan fingerprint density at radius 3 is 2.96 bits per heavy atom. The number of carbonyl (C=O) groups excluding carboxylic acids is 1. The van der Waals surface area contributed by atoms with Crippen molar-refractivity contribution in [2.75, 3.05) is 11.4 Å². The lowest BCUT2D eigenvalue weighted by molar-refractivity contribution is 0.0974. The fourth-order valence-electron chi connectivity index (χ4n) is 3.24. The van der Waals surface area contributed by atoms with E-state index in [0.29, 0.717) is 17.6 Å². The van der Waals surface area contributed by atoms with E-state index in [9.17, 15) is 9.18 Å². The first-order valence-electron chi connectivity index (χ1n) is 7.92. The molecule has 3 heterocycles. The van der Waals surface area contributed by atoms with Crippen molar-refractivity contribution in [3.8, 4) is 0 Å².